The van der Waals surface area contributed by atoms with Crippen molar-refractivity contribution < 1.29 is 47.1 Å². The minimum absolute atomic E-state index is 1.10. The van der Waals surface area contributed by atoms with Gasteiger partial charge in [0, 0.05) is 0 Å². The van der Waals surface area contributed by atoms with Gasteiger partial charge in [-0.3, -0.25) is 4.55 Å². The van der Waals surface area contributed by atoms with E-state index >= 15 is 0 Å². The number of cyclic esters (lactones) is 1. The second kappa shape index (κ2) is 4.46. The van der Waals surface area contributed by atoms with Crippen molar-refractivity contribution in [1.82, 2.24) is 0 Å². The van der Waals surface area contributed by atoms with Gasteiger partial charge < -0.3 is 25.2 Å². The highest BCUT2D eigenvalue weighted by atomic mass is 32.3. The van der Waals surface area contributed by atoms with Crippen LogP contribution in [0.25, 0.3) is 0 Å². The molecule has 1 aliphatic heterocycles. The Hall–Kier alpha value is -1.40. The van der Waals surface area contributed by atoms with Crippen LogP contribution in [0.3, 0.4) is 0 Å². The van der Waals surface area contributed by atoms with Crippen molar-refractivity contribution in [2.45, 2.75) is 18.5 Å². The summed E-state index contributed by atoms with van der Waals surface area (Å²) in [7, 11) is -5.05. The first-order valence-corrected chi connectivity index (χ1v) is 5.35. The van der Waals surface area contributed by atoms with E-state index in [1.165, 1.54) is 0 Å². The van der Waals surface area contributed by atoms with Crippen LogP contribution in [0.15, 0.2) is 11.5 Å². The van der Waals surface area contributed by atoms with Crippen molar-refractivity contribution in [1.29, 1.82) is 0 Å². The van der Waals surface area contributed by atoms with Crippen molar-refractivity contribution in [2.75, 3.05) is 0 Å². The number of hydrogen-bond acceptors (Lipinski definition) is 9. The van der Waals surface area contributed by atoms with Crippen molar-refractivity contribution in [3.63, 3.8) is 0 Å². The Kier molecular flexibility index (Phi) is 3.59. The zero-order valence-corrected chi connectivity index (χ0v) is 8.73. The Morgan fingerprint density at radius 2 is 1.82 bits per heavy atom. The topological polar surface area (TPSA) is 171 Å². The molecule has 0 saturated heterocycles. The molecule has 1 heterocycles. The summed E-state index contributed by atoms with van der Waals surface area (Å²) in [6, 6.07) is 0. The molecule has 5 N–H and O–H groups in total. The molecule has 17 heavy (non-hydrogen) atoms. The van der Waals surface area contributed by atoms with E-state index < -0.39 is 46.4 Å². The van der Waals surface area contributed by atoms with E-state index in [-0.39, 0.29) is 0 Å². The molecule has 0 bridgehead atoms. The van der Waals surface area contributed by atoms with Crippen molar-refractivity contribution in [2.24, 2.45) is 0 Å². The minimum Gasteiger partial charge on any atom is -0.505 e. The average molecular weight is 272 g/mol. The predicted octanol–water partition coefficient (Wildman–Crippen LogP) is -2.26. The number of carbonyl (C=O) groups is 1. The first kappa shape index (κ1) is 13.7. The molecule has 1 aliphatic rings. The Morgan fingerprint density at radius 1 is 1.29 bits per heavy atom. The Labute approximate surface area is 94.3 Å². The minimum atomic E-state index is -5.05. The van der Waals surface area contributed by atoms with Gasteiger partial charge in [-0.05, 0) is 0 Å². The molecule has 10 nitrogen and oxygen atoms in total. The third kappa shape index (κ3) is 3.04. The molecule has 0 aromatic heterocycles. The van der Waals surface area contributed by atoms with Crippen LogP contribution in [0.5, 0.6) is 0 Å². The van der Waals surface area contributed by atoms with Crippen LogP contribution in [0.2, 0.25) is 0 Å². The molecule has 0 aromatic rings. The van der Waals surface area contributed by atoms with Gasteiger partial charge >= 0.3 is 16.4 Å². The molecule has 0 aliphatic carbocycles. The van der Waals surface area contributed by atoms with Gasteiger partial charge in [-0.15, -0.1) is 0 Å². The maximum absolute atomic E-state index is 10.7. The summed E-state index contributed by atoms with van der Waals surface area (Å²) in [5, 5.41) is 36.2. The third-order valence-corrected chi connectivity index (χ3v) is 2.20. The highest BCUT2D eigenvalue weighted by Crippen LogP contribution is 2.23. The molecule has 0 spiro atoms. The quantitative estimate of drug-likeness (QED) is 0.213. The molecule has 0 radical (unpaired) electrons. The highest BCUT2D eigenvalue weighted by molar-refractivity contribution is 7.80. The van der Waals surface area contributed by atoms with Crippen LogP contribution in [-0.4, -0.2) is 57.9 Å². The maximum atomic E-state index is 10.7. The number of aliphatic hydroxyl groups excluding tert-OH is 4. The lowest BCUT2D eigenvalue weighted by atomic mass is 10.1. The largest absolute Gasteiger partial charge is 0.505 e. The number of ether oxygens (including phenoxy) is 1. The van der Waals surface area contributed by atoms with Crippen LogP contribution >= 0.6 is 0 Å². The third-order valence-electron chi connectivity index (χ3n) is 1.76. The predicted molar refractivity (Wildman–Crippen MR) is 46.8 cm³/mol. The lowest BCUT2D eigenvalue weighted by molar-refractivity contribution is -0.165. The van der Waals surface area contributed by atoms with E-state index in [2.05, 4.69) is 8.92 Å². The van der Waals surface area contributed by atoms with Gasteiger partial charge in [0.15, 0.2) is 18.0 Å². The second-order valence-electron chi connectivity index (χ2n) is 2.96. The zero-order valence-electron chi connectivity index (χ0n) is 7.92. The number of hydrogen-bond donors (Lipinski definition) is 5. The fraction of sp³-hybridized carbons (Fsp3) is 0.500. The van der Waals surface area contributed by atoms with E-state index in [4.69, 9.17) is 19.9 Å². The molecular weight excluding hydrogens is 264 g/mol. The number of carbonyl (C=O) groups excluding carboxylic acids is 1. The van der Waals surface area contributed by atoms with Gasteiger partial charge in [0.25, 0.3) is 0 Å². The summed E-state index contributed by atoms with van der Waals surface area (Å²) in [5.74, 6) is -3.65. The van der Waals surface area contributed by atoms with Gasteiger partial charge in [0.1, 0.15) is 0 Å². The maximum Gasteiger partial charge on any atom is 0.399 e. The molecule has 0 amide bonds. The fourth-order valence-electron chi connectivity index (χ4n) is 1.03. The first-order valence-electron chi connectivity index (χ1n) is 3.98. The van der Waals surface area contributed by atoms with E-state index in [1.54, 1.807) is 0 Å². The van der Waals surface area contributed by atoms with Crippen molar-refractivity contribution in [3.8, 4) is 0 Å². The second-order valence-corrected chi connectivity index (χ2v) is 4.01. The van der Waals surface area contributed by atoms with Crippen molar-refractivity contribution in [3.05, 3.63) is 11.5 Å². The zero-order chi connectivity index (χ0) is 13.4. The Morgan fingerprint density at radius 3 is 2.18 bits per heavy atom. The number of rotatable bonds is 4. The normalized spacial score (nSPS) is 24.6. The fourth-order valence-corrected chi connectivity index (χ4v) is 1.39. The monoisotopic (exact) mass is 272 g/mol. The smallest absolute Gasteiger partial charge is 0.399 e. The molecule has 1 unspecified atom stereocenters. The molecule has 11 heteroatoms. The van der Waals surface area contributed by atoms with Crippen LogP contribution in [0, 0.1) is 0 Å². The van der Waals surface area contributed by atoms with Crippen LogP contribution in [0.1, 0.15) is 0 Å². The molecule has 0 saturated carbocycles. The lowest BCUT2D eigenvalue weighted by Crippen LogP contribution is -2.41. The van der Waals surface area contributed by atoms with Gasteiger partial charge in [-0.2, -0.15) is 8.42 Å². The SMILES string of the molecule is O=C1O[C@H]([C@@H](O)C(O)OS(=O)(=O)O)C(O)=C1O. The first-order chi connectivity index (χ1) is 7.63. The average Bonchev–Trinajstić information content (AvgIpc) is 2.42. The van der Waals surface area contributed by atoms with Crippen LogP contribution in [-0.2, 0) is 24.1 Å². The molecule has 3 atom stereocenters. The summed E-state index contributed by atoms with van der Waals surface area (Å²) >= 11 is 0. The van der Waals surface area contributed by atoms with Crippen LogP contribution in [0.4, 0.5) is 0 Å². The van der Waals surface area contributed by atoms with E-state index in [0.717, 1.165) is 0 Å². The van der Waals surface area contributed by atoms with Gasteiger partial charge in [0.05, 0.1) is 0 Å². The molecule has 0 fully saturated rings. The number of aliphatic hydroxyl groups is 4. The summed E-state index contributed by atoms with van der Waals surface area (Å²) in [6.45, 7) is 0. The lowest BCUT2D eigenvalue weighted by Gasteiger charge is -2.20. The standard InChI is InChI=1S/C6H8O10S/c7-1-2(8)5(10)15-4(1)3(9)6(11)16-17(12,13)14/h3-4,6-9,11H,(H,12,13,14)/t3-,4+,6?/m1/s1. The molecular formula is C6H8O10S. The van der Waals surface area contributed by atoms with E-state index in [1.807, 2.05) is 0 Å². The summed E-state index contributed by atoms with van der Waals surface area (Å²) in [6.07, 6.45) is -6.64. The Balaban J connectivity index is 2.79. The summed E-state index contributed by atoms with van der Waals surface area (Å²) in [5.41, 5.74) is 0. The van der Waals surface area contributed by atoms with Crippen LogP contribution < -0.4 is 0 Å². The van der Waals surface area contributed by atoms with Gasteiger partial charge in [-0.25, -0.2) is 8.98 Å². The molecule has 98 valence electrons. The van der Waals surface area contributed by atoms with E-state index in [0.29, 0.717) is 0 Å². The van der Waals surface area contributed by atoms with Crippen molar-refractivity contribution >= 4 is 16.4 Å². The van der Waals surface area contributed by atoms with E-state index in [9.17, 15) is 18.3 Å². The molecule has 1 rings (SSSR count). The highest BCUT2D eigenvalue weighted by Gasteiger charge is 2.43. The Bertz CT molecular complexity index is 449. The molecule has 0 aromatic carbocycles. The van der Waals surface area contributed by atoms with Gasteiger partial charge in [-0.1, -0.05) is 0 Å². The van der Waals surface area contributed by atoms with Gasteiger partial charge in [0.2, 0.25) is 12.0 Å². The summed E-state index contributed by atoms with van der Waals surface area (Å²) in [4.78, 5) is 10.7. The number of esters is 1. The summed E-state index contributed by atoms with van der Waals surface area (Å²) < 4.78 is 36.4.